The normalized spacial score (nSPS) is 13.7. The molecule has 0 fully saturated rings. The second-order valence-corrected chi connectivity index (χ2v) is 1.99. The number of carbonyl (C=O) groups is 1. The molecule has 0 aliphatic heterocycles. The van der Waals surface area contributed by atoms with Crippen LogP contribution in [-0.2, 0) is 4.79 Å². The number of aromatic nitrogens is 1. The highest BCUT2D eigenvalue weighted by molar-refractivity contribution is 5.71. The third kappa shape index (κ3) is 0.754. The molecule has 0 aromatic carbocycles. The fourth-order valence-corrected chi connectivity index (χ4v) is 0.608. The van der Waals surface area contributed by atoms with Crippen LogP contribution in [0.2, 0.25) is 0 Å². The Labute approximate surface area is 55.2 Å². The van der Waals surface area contributed by atoms with E-state index in [1.165, 1.54) is 6.92 Å². The summed E-state index contributed by atoms with van der Waals surface area (Å²) in [7, 11) is 0. The highest BCUT2D eigenvalue weighted by Gasteiger charge is 2.26. The molecule has 1 aromatic rings. The molecule has 1 N–H and O–H groups in total. The summed E-state index contributed by atoms with van der Waals surface area (Å²) in [5.74, 6) is -1.17. The second kappa shape index (κ2) is 1.80. The summed E-state index contributed by atoms with van der Waals surface area (Å²) >= 11 is 0. The molecule has 1 aromatic heterocycles. The van der Waals surface area contributed by atoms with Gasteiger partial charge in [0.25, 0.3) is 0 Å². The average Bonchev–Trinajstić information content (AvgIpc) is 2.40. The van der Waals surface area contributed by atoms with Crippen LogP contribution in [0.4, 0.5) is 0 Å². The molecule has 54 valence electrons. The van der Waals surface area contributed by atoms with Crippen LogP contribution in [0.3, 0.4) is 0 Å². The van der Waals surface area contributed by atoms with Gasteiger partial charge < -0.3 is 5.11 Å². The van der Waals surface area contributed by atoms with E-state index in [2.05, 4.69) is 0 Å². The number of aliphatic carboxylic acids is 1. The van der Waals surface area contributed by atoms with Crippen molar-refractivity contribution in [2.45, 2.75) is 13.0 Å². The summed E-state index contributed by atoms with van der Waals surface area (Å²) in [4.78, 5) is 30.7. The highest BCUT2D eigenvalue weighted by atomic mass is 16.4. The first-order valence-electron chi connectivity index (χ1n) is 2.66. The van der Waals surface area contributed by atoms with Gasteiger partial charge in [-0.15, -0.1) is 0 Å². The van der Waals surface area contributed by atoms with Crippen LogP contribution in [0.25, 0.3) is 0 Å². The van der Waals surface area contributed by atoms with Gasteiger partial charge in [0.05, 0.1) is 0 Å². The Balaban J connectivity index is 2.90. The Bertz CT molecular complexity index is 305. The fraction of sp³-hybridized carbons (Fsp3) is 0.400. The summed E-state index contributed by atoms with van der Waals surface area (Å²) in [5, 5.41) is 8.28. The third-order valence-electron chi connectivity index (χ3n) is 1.32. The Morgan fingerprint density at radius 1 is 1.50 bits per heavy atom. The molecule has 0 radical (unpaired) electrons. The number of hydrogen-bond acceptors (Lipinski definition) is 3. The molecule has 1 atom stereocenters. The highest BCUT2D eigenvalue weighted by Crippen LogP contribution is 1.97. The maximum Gasteiger partial charge on any atom is 0.326 e. The number of nitrogens with zero attached hydrogens (tertiary/aromatic N) is 1. The Morgan fingerprint density at radius 3 is 2.00 bits per heavy atom. The van der Waals surface area contributed by atoms with Gasteiger partial charge in [-0.05, 0) is 6.92 Å². The molecule has 0 saturated carbocycles. The van der Waals surface area contributed by atoms with Gasteiger partial charge in [-0.1, -0.05) is 0 Å². The molecule has 5 heteroatoms. The van der Waals surface area contributed by atoms with Gasteiger partial charge in [-0.3, -0.25) is 14.2 Å². The average molecular weight is 143 g/mol. The Morgan fingerprint density at radius 2 is 1.90 bits per heavy atom. The van der Waals surface area contributed by atoms with Crippen molar-refractivity contribution in [3.05, 3.63) is 20.7 Å². The summed E-state index contributed by atoms with van der Waals surface area (Å²) in [6, 6.07) is -1.01. The summed E-state index contributed by atoms with van der Waals surface area (Å²) in [6.45, 7) is 1.28. The lowest BCUT2D eigenvalue weighted by Gasteiger charge is -1.96. The molecule has 0 amide bonds. The first-order chi connectivity index (χ1) is 4.55. The van der Waals surface area contributed by atoms with E-state index in [-0.39, 0.29) is 0 Å². The zero-order valence-electron chi connectivity index (χ0n) is 5.20. The molecular weight excluding hydrogens is 138 g/mol. The van der Waals surface area contributed by atoms with Crippen molar-refractivity contribution in [2.75, 3.05) is 0 Å². The molecule has 1 heterocycles. The second-order valence-electron chi connectivity index (χ2n) is 1.99. The molecule has 0 aliphatic carbocycles. The minimum absolute atomic E-state index is 0.697. The number of carboxylic acid groups (broad SMARTS) is 1. The van der Waals surface area contributed by atoms with E-state index in [1.807, 2.05) is 0 Å². The minimum atomic E-state index is -1.17. The lowest BCUT2D eigenvalue weighted by Crippen LogP contribution is -2.14. The molecule has 1 unspecified atom stereocenters. The van der Waals surface area contributed by atoms with Crippen LogP contribution in [0.15, 0.2) is 9.59 Å². The zero-order chi connectivity index (χ0) is 7.89. The largest absolute Gasteiger partial charge is 0.480 e. The predicted octanol–water partition coefficient (Wildman–Crippen LogP) is -1.27. The minimum Gasteiger partial charge on any atom is -0.480 e. The first kappa shape index (κ1) is 6.73. The quantitative estimate of drug-likeness (QED) is 0.523. The van der Waals surface area contributed by atoms with Gasteiger partial charge in [0, 0.05) is 0 Å². The van der Waals surface area contributed by atoms with E-state index in [0.717, 1.165) is 0 Å². The number of carboxylic acids is 1. The van der Waals surface area contributed by atoms with Crippen LogP contribution >= 0.6 is 0 Å². The van der Waals surface area contributed by atoms with E-state index in [9.17, 15) is 14.4 Å². The lowest BCUT2D eigenvalue weighted by atomic mass is 10.4. The Kier molecular flexibility index (Phi) is 1.21. The first-order valence-corrected chi connectivity index (χ1v) is 2.66. The van der Waals surface area contributed by atoms with E-state index < -0.39 is 23.1 Å². The molecular formula is C5H5NO4. The van der Waals surface area contributed by atoms with Gasteiger partial charge in [0.15, 0.2) is 0 Å². The summed E-state index contributed by atoms with van der Waals surface area (Å²) in [5.41, 5.74) is -1.43. The van der Waals surface area contributed by atoms with Gasteiger partial charge in [-0.2, -0.15) is 0 Å². The van der Waals surface area contributed by atoms with Crippen molar-refractivity contribution in [1.29, 1.82) is 0 Å². The fourth-order valence-electron chi connectivity index (χ4n) is 0.608. The summed E-state index contributed by atoms with van der Waals surface area (Å²) in [6.07, 6.45) is 0. The van der Waals surface area contributed by atoms with Crippen molar-refractivity contribution in [1.82, 2.24) is 4.57 Å². The van der Waals surface area contributed by atoms with E-state index in [1.54, 1.807) is 0 Å². The van der Waals surface area contributed by atoms with Crippen molar-refractivity contribution in [3.63, 3.8) is 0 Å². The molecule has 0 saturated heterocycles. The van der Waals surface area contributed by atoms with Gasteiger partial charge in [-0.25, -0.2) is 4.79 Å². The topological polar surface area (TPSA) is 76.4 Å². The van der Waals surface area contributed by atoms with Gasteiger partial charge in [0.1, 0.15) is 6.04 Å². The van der Waals surface area contributed by atoms with E-state index >= 15 is 0 Å². The van der Waals surface area contributed by atoms with Crippen LogP contribution in [0, 0.1) is 0 Å². The van der Waals surface area contributed by atoms with Crippen LogP contribution in [-0.4, -0.2) is 15.6 Å². The van der Waals surface area contributed by atoms with Crippen molar-refractivity contribution >= 4 is 5.97 Å². The lowest BCUT2D eigenvalue weighted by molar-refractivity contribution is -0.140. The monoisotopic (exact) mass is 143 g/mol. The summed E-state index contributed by atoms with van der Waals surface area (Å²) < 4.78 is 0.697. The molecule has 5 nitrogen and oxygen atoms in total. The van der Waals surface area contributed by atoms with E-state index in [4.69, 9.17) is 5.11 Å². The molecule has 10 heavy (non-hydrogen) atoms. The number of hydrogen-bond donors (Lipinski definition) is 1. The molecule has 0 aliphatic rings. The Hall–Kier alpha value is -1.39. The zero-order valence-corrected chi connectivity index (χ0v) is 5.20. The van der Waals surface area contributed by atoms with Crippen molar-refractivity contribution in [2.24, 2.45) is 0 Å². The van der Waals surface area contributed by atoms with Gasteiger partial charge >= 0.3 is 17.1 Å². The maximum absolute atomic E-state index is 10.3. The number of rotatable bonds is 2. The standard InChI is InChI=1S/C5H5NO4/c1-2(5(9)10)6-3(7)4(6)8/h2H,1H3,(H,9,10). The SMILES string of the molecule is CC(C(=O)O)n1c(=O)c1=O. The van der Waals surface area contributed by atoms with Crippen LogP contribution in [0.5, 0.6) is 0 Å². The van der Waals surface area contributed by atoms with Crippen molar-refractivity contribution in [3.8, 4) is 0 Å². The smallest absolute Gasteiger partial charge is 0.326 e. The molecule has 0 spiro atoms. The molecule has 1 rings (SSSR count). The maximum atomic E-state index is 10.3. The van der Waals surface area contributed by atoms with Gasteiger partial charge in [0.2, 0.25) is 0 Å². The third-order valence-corrected chi connectivity index (χ3v) is 1.32. The molecule has 0 bridgehead atoms. The van der Waals surface area contributed by atoms with Crippen LogP contribution < -0.4 is 11.1 Å². The van der Waals surface area contributed by atoms with E-state index in [0.29, 0.717) is 4.57 Å². The van der Waals surface area contributed by atoms with Crippen molar-refractivity contribution < 1.29 is 9.90 Å². The predicted molar refractivity (Wildman–Crippen MR) is 31.7 cm³/mol. The van der Waals surface area contributed by atoms with Crippen LogP contribution in [0.1, 0.15) is 13.0 Å².